The topological polar surface area (TPSA) is 26.0 Å². The van der Waals surface area contributed by atoms with E-state index in [0.717, 1.165) is 17.3 Å². The highest BCUT2D eigenvalue weighted by Crippen LogP contribution is 2.26. The van der Waals surface area contributed by atoms with Crippen LogP contribution in [0.3, 0.4) is 0 Å². The highest BCUT2D eigenvalue weighted by molar-refractivity contribution is 9.10. The maximum absolute atomic E-state index is 5.66. The Labute approximate surface area is 106 Å². The van der Waals surface area contributed by atoms with Gasteiger partial charge in [-0.1, -0.05) is 41.9 Å². The highest BCUT2D eigenvalue weighted by Gasteiger charge is 2.05. The number of hydrogen-bond donors (Lipinski definition) is 1. The average Bonchev–Trinajstić information content (AvgIpc) is 2.16. The molecule has 0 spiro atoms. The number of hydrogen-bond acceptors (Lipinski definition) is 1. The first-order valence-corrected chi connectivity index (χ1v) is 6.25. The quantitative estimate of drug-likeness (QED) is 0.812. The van der Waals surface area contributed by atoms with Gasteiger partial charge in [-0.3, -0.25) is 0 Å². The Hall–Kier alpha value is -1.02. The first-order chi connectivity index (χ1) is 7.54. The fourth-order valence-electron chi connectivity index (χ4n) is 1.77. The molecule has 0 radical (unpaired) electrons. The van der Waals surface area contributed by atoms with Gasteiger partial charge in [-0.15, -0.1) is 0 Å². The molecule has 1 aromatic rings. The van der Waals surface area contributed by atoms with Crippen LogP contribution >= 0.6 is 15.9 Å². The largest absolute Gasteiger partial charge is 0.399 e. The number of aryl methyl sites for hydroxylation is 1. The molecule has 1 aromatic carbocycles. The molecule has 0 unspecified atom stereocenters. The van der Waals surface area contributed by atoms with Crippen LogP contribution in [0.4, 0.5) is 0 Å². The normalized spacial score (nSPS) is 11.6. The summed E-state index contributed by atoms with van der Waals surface area (Å²) in [5.41, 5.74) is 10.1. The molecular formula is C14H18BrN. The summed E-state index contributed by atoms with van der Waals surface area (Å²) in [5.74, 6) is 0. The summed E-state index contributed by atoms with van der Waals surface area (Å²) in [6.45, 7) is 8.02. The van der Waals surface area contributed by atoms with Crippen LogP contribution in [0.25, 0.3) is 5.57 Å². The third kappa shape index (κ3) is 3.53. The molecule has 0 atom stereocenters. The van der Waals surface area contributed by atoms with Gasteiger partial charge >= 0.3 is 0 Å². The lowest BCUT2D eigenvalue weighted by atomic mass is 9.96. The van der Waals surface area contributed by atoms with Gasteiger partial charge in [0.25, 0.3) is 0 Å². The van der Waals surface area contributed by atoms with Crippen molar-refractivity contribution >= 4 is 21.5 Å². The first-order valence-electron chi connectivity index (χ1n) is 5.46. The predicted octanol–water partition coefficient (Wildman–Crippen LogP) is 4.41. The molecule has 1 nitrogen and oxygen atoms in total. The molecule has 2 N–H and O–H groups in total. The van der Waals surface area contributed by atoms with Gasteiger partial charge in [-0.25, -0.2) is 0 Å². The van der Waals surface area contributed by atoms with Gasteiger partial charge in [0.2, 0.25) is 0 Å². The van der Waals surface area contributed by atoms with Crippen molar-refractivity contribution in [3.05, 3.63) is 52.2 Å². The minimum Gasteiger partial charge on any atom is -0.399 e. The molecule has 16 heavy (non-hydrogen) atoms. The molecule has 0 saturated heterocycles. The van der Waals surface area contributed by atoms with Gasteiger partial charge in [0.05, 0.1) is 0 Å². The van der Waals surface area contributed by atoms with Gasteiger partial charge < -0.3 is 5.73 Å². The van der Waals surface area contributed by atoms with E-state index in [1.807, 2.05) is 6.08 Å². The second-order valence-corrected chi connectivity index (χ2v) is 4.87. The summed E-state index contributed by atoms with van der Waals surface area (Å²) >= 11 is 3.47. The fraction of sp³-hybridized carbons (Fsp3) is 0.286. The molecule has 0 aliphatic carbocycles. The molecule has 1 rings (SSSR count). The molecule has 0 fully saturated rings. The van der Waals surface area contributed by atoms with Gasteiger partial charge in [-0.2, -0.15) is 0 Å². The monoisotopic (exact) mass is 279 g/mol. The second kappa shape index (κ2) is 5.90. The Morgan fingerprint density at radius 1 is 1.50 bits per heavy atom. The Morgan fingerprint density at radius 3 is 2.69 bits per heavy atom. The first kappa shape index (κ1) is 13.0. The van der Waals surface area contributed by atoms with E-state index in [-0.39, 0.29) is 0 Å². The van der Waals surface area contributed by atoms with Crippen LogP contribution in [0.1, 0.15) is 30.9 Å². The number of halogens is 1. The number of allylic oxidation sites excluding steroid dienone is 2. The van der Waals surface area contributed by atoms with Gasteiger partial charge in [0.1, 0.15) is 0 Å². The van der Waals surface area contributed by atoms with E-state index in [4.69, 9.17) is 5.73 Å². The zero-order valence-electron chi connectivity index (χ0n) is 9.89. The lowest BCUT2D eigenvalue weighted by Gasteiger charge is -2.10. The zero-order valence-corrected chi connectivity index (χ0v) is 11.5. The zero-order chi connectivity index (χ0) is 12.1. The summed E-state index contributed by atoms with van der Waals surface area (Å²) in [5, 5.41) is 0. The van der Waals surface area contributed by atoms with Crippen LogP contribution in [-0.2, 0) is 0 Å². The Balaban J connectivity index is 3.16. The maximum Gasteiger partial charge on any atom is 0.0243 e. The summed E-state index contributed by atoms with van der Waals surface area (Å²) < 4.78 is 1.11. The average molecular weight is 280 g/mol. The highest BCUT2D eigenvalue weighted by atomic mass is 79.9. The van der Waals surface area contributed by atoms with E-state index in [0.29, 0.717) is 5.70 Å². The van der Waals surface area contributed by atoms with Crippen molar-refractivity contribution in [1.29, 1.82) is 0 Å². The van der Waals surface area contributed by atoms with Crippen molar-refractivity contribution in [3.8, 4) is 0 Å². The van der Waals surface area contributed by atoms with Crippen LogP contribution in [-0.4, -0.2) is 0 Å². The maximum atomic E-state index is 5.66. The minimum atomic E-state index is 0.616. The Kier molecular flexibility index (Phi) is 4.81. The van der Waals surface area contributed by atoms with Crippen molar-refractivity contribution in [1.82, 2.24) is 0 Å². The SMILES string of the molecule is C=C(N)/C=C(/CCC)c1ccc(Br)cc1C. The molecular weight excluding hydrogens is 262 g/mol. The fourth-order valence-corrected chi connectivity index (χ4v) is 2.24. The van der Waals surface area contributed by atoms with Crippen LogP contribution < -0.4 is 5.73 Å². The Morgan fingerprint density at radius 2 is 2.19 bits per heavy atom. The molecule has 0 bridgehead atoms. The summed E-state index contributed by atoms with van der Waals surface area (Å²) in [6, 6.07) is 6.31. The number of benzene rings is 1. The summed E-state index contributed by atoms with van der Waals surface area (Å²) in [4.78, 5) is 0. The smallest absolute Gasteiger partial charge is 0.0243 e. The number of rotatable bonds is 4. The van der Waals surface area contributed by atoms with Gasteiger partial charge in [0.15, 0.2) is 0 Å². The van der Waals surface area contributed by atoms with E-state index in [1.165, 1.54) is 16.7 Å². The van der Waals surface area contributed by atoms with Crippen LogP contribution in [0, 0.1) is 6.92 Å². The van der Waals surface area contributed by atoms with Crippen LogP contribution in [0.15, 0.2) is 41.0 Å². The van der Waals surface area contributed by atoms with Gasteiger partial charge in [-0.05, 0) is 48.3 Å². The minimum absolute atomic E-state index is 0.616. The van der Waals surface area contributed by atoms with Crippen molar-refractivity contribution in [2.45, 2.75) is 26.7 Å². The summed E-state index contributed by atoms with van der Waals surface area (Å²) in [6.07, 6.45) is 4.10. The van der Waals surface area contributed by atoms with E-state index >= 15 is 0 Å². The third-order valence-electron chi connectivity index (χ3n) is 2.41. The molecule has 2 heteroatoms. The van der Waals surface area contributed by atoms with E-state index in [1.54, 1.807) is 0 Å². The molecule has 86 valence electrons. The van der Waals surface area contributed by atoms with Gasteiger partial charge in [0, 0.05) is 10.2 Å². The van der Waals surface area contributed by atoms with E-state index in [2.05, 4.69) is 54.6 Å². The molecule has 0 aliphatic heterocycles. The van der Waals surface area contributed by atoms with Crippen molar-refractivity contribution < 1.29 is 0 Å². The summed E-state index contributed by atoms with van der Waals surface area (Å²) in [7, 11) is 0. The Bertz CT molecular complexity index is 419. The molecule has 0 amide bonds. The molecule has 0 aliphatic rings. The third-order valence-corrected chi connectivity index (χ3v) is 2.91. The van der Waals surface area contributed by atoms with E-state index < -0.39 is 0 Å². The molecule has 0 heterocycles. The lowest BCUT2D eigenvalue weighted by Crippen LogP contribution is -1.95. The van der Waals surface area contributed by atoms with Crippen LogP contribution in [0.2, 0.25) is 0 Å². The van der Waals surface area contributed by atoms with Crippen molar-refractivity contribution in [2.75, 3.05) is 0 Å². The van der Waals surface area contributed by atoms with Crippen LogP contribution in [0.5, 0.6) is 0 Å². The molecule has 0 saturated carbocycles. The molecule has 0 aromatic heterocycles. The predicted molar refractivity (Wildman–Crippen MR) is 75.1 cm³/mol. The number of nitrogens with two attached hydrogens (primary N) is 1. The standard InChI is InChI=1S/C14H18BrN/c1-4-5-12(9-11(3)16)14-7-6-13(15)8-10(14)2/h6-9H,3-5,16H2,1-2H3/b12-9-. The van der Waals surface area contributed by atoms with E-state index in [9.17, 15) is 0 Å². The lowest BCUT2D eigenvalue weighted by molar-refractivity contribution is 0.970. The van der Waals surface area contributed by atoms with Crippen molar-refractivity contribution in [2.24, 2.45) is 5.73 Å². The second-order valence-electron chi connectivity index (χ2n) is 3.95. The van der Waals surface area contributed by atoms with Crippen molar-refractivity contribution in [3.63, 3.8) is 0 Å².